The molecule has 1 fully saturated rings. The first kappa shape index (κ1) is 14.4. The molecular formula is C18H25NO2. The molecule has 114 valence electrons. The van der Waals surface area contributed by atoms with E-state index in [1.54, 1.807) is 0 Å². The Hall–Kier alpha value is -1.51. The fourth-order valence-electron chi connectivity index (χ4n) is 3.96. The summed E-state index contributed by atoms with van der Waals surface area (Å²) in [6, 6.07) is 6.27. The molecule has 0 spiro atoms. The minimum Gasteiger partial charge on any atom is -0.490 e. The predicted molar refractivity (Wildman–Crippen MR) is 84.3 cm³/mol. The average molecular weight is 287 g/mol. The summed E-state index contributed by atoms with van der Waals surface area (Å²) in [5.41, 5.74) is 3.14. The molecule has 2 atom stereocenters. The molecule has 2 aliphatic rings. The third-order valence-electron chi connectivity index (χ3n) is 4.81. The van der Waals surface area contributed by atoms with Crippen molar-refractivity contribution in [2.45, 2.75) is 58.5 Å². The number of fused-ring (bicyclic) bond motifs is 1. The summed E-state index contributed by atoms with van der Waals surface area (Å²) in [4.78, 5) is 0. The second-order valence-corrected chi connectivity index (χ2v) is 6.88. The lowest BCUT2D eigenvalue weighted by Gasteiger charge is -2.32. The molecule has 0 saturated heterocycles. The lowest BCUT2D eigenvalue weighted by molar-refractivity contribution is 0.101. The van der Waals surface area contributed by atoms with Crippen LogP contribution in [-0.4, -0.2) is 17.0 Å². The van der Waals surface area contributed by atoms with Crippen molar-refractivity contribution < 1.29 is 9.94 Å². The van der Waals surface area contributed by atoms with Crippen LogP contribution in [0.2, 0.25) is 0 Å². The van der Waals surface area contributed by atoms with Crippen LogP contribution >= 0.6 is 0 Å². The van der Waals surface area contributed by atoms with E-state index < -0.39 is 0 Å². The van der Waals surface area contributed by atoms with Gasteiger partial charge in [0.05, 0.1) is 11.8 Å². The third-order valence-corrected chi connectivity index (χ3v) is 4.81. The van der Waals surface area contributed by atoms with E-state index in [-0.39, 0.29) is 0 Å². The van der Waals surface area contributed by atoms with Gasteiger partial charge in [0, 0.05) is 5.56 Å². The molecule has 0 heterocycles. The average Bonchev–Trinajstić information content (AvgIpc) is 2.45. The van der Waals surface area contributed by atoms with Crippen molar-refractivity contribution in [3.05, 3.63) is 29.3 Å². The number of benzene rings is 1. The predicted octanol–water partition coefficient (Wildman–Crippen LogP) is 4.40. The Bertz CT molecular complexity index is 528. The quantitative estimate of drug-likeness (QED) is 0.647. The van der Waals surface area contributed by atoms with Gasteiger partial charge in [0.15, 0.2) is 0 Å². The van der Waals surface area contributed by atoms with Crippen molar-refractivity contribution in [3.63, 3.8) is 0 Å². The van der Waals surface area contributed by atoms with Crippen LogP contribution in [0.15, 0.2) is 23.4 Å². The maximum Gasteiger partial charge on any atom is 0.120 e. The largest absolute Gasteiger partial charge is 0.490 e. The van der Waals surface area contributed by atoms with Crippen molar-refractivity contribution in [2.75, 3.05) is 0 Å². The second-order valence-electron chi connectivity index (χ2n) is 6.88. The highest BCUT2D eigenvalue weighted by atomic mass is 16.5. The minimum absolute atomic E-state index is 0.319. The van der Waals surface area contributed by atoms with Crippen LogP contribution < -0.4 is 4.74 Å². The molecule has 3 heteroatoms. The summed E-state index contributed by atoms with van der Waals surface area (Å²) >= 11 is 0. The van der Waals surface area contributed by atoms with Crippen LogP contribution in [0.4, 0.5) is 0 Å². The zero-order valence-corrected chi connectivity index (χ0v) is 13.0. The van der Waals surface area contributed by atoms with Crippen molar-refractivity contribution >= 4 is 5.71 Å². The monoisotopic (exact) mass is 287 g/mol. The lowest BCUT2D eigenvalue weighted by Crippen LogP contribution is -2.28. The highest BCUT2D eigenvalue weighted by molar-refractivity contribution is 6.02. The lowest BCUT2D eigenvalue weighted by atomic mass is 9.82. The van der Waals surface area contributed by atoms with Crippen LogP contribution in [0.1, 0.15) is 57.1 Å². The van der Waals surface area contributed by atoms with Crippen LogP contribution in [0.3, 0.4) is 0 Å². The Morgan fingerprint density at radius 1 is 1.10 bits per heavy atom. The Morgan fingerprint density at radius 2 is 1.86 bits per heavy atom. The van der Waals surface area contributed by atoms with Gasteiger partial charge in [-0.15, -0.1) is 0 Å². The first-order chi connectivity index (χ1) is 10.2. The van der Waals surface area contributed by atoms with Gasteiger partial charge in [0.1, 0.15) is 5.75 Å². The normalized spacial score (nSPS) is 31.0. The number of rotatable bonds is 2. The molecule has 0 aliphatic heterocycles. The maximum atomic E-state index is 9.17. The Morgan fingerprint density at radius 3 is 2.57 bits per heavy atom. The van der Waals surface area contributed by atoms with Crippen LogP contribution in [0.25, 0.3) is 0 Å². The van der Waals surface area contributed by atoms with Crippen molar-refractivity contribution in [2.24, 2.45) is 17.0 Å². The zero-order valence-electron chi connectivity index (χ0n) is 13.0. The van der Waals surface area contributed by atoms with Crippen LogP contribution in [-0.2, 0) is 6.42 Å². The van der Waals surface area contributed by atoms with E-state index in [1.165, 1.54) is 12.0 Å². The van der Waals surface area contributed by atoms with E-state index in [4.69, 9.17) is 9.94 Å². The molecular weight excluding hydrogens is 262 g/mol. The number of hydrogen-bond acceptors (Lipinski definition) is 3. The van der Waals surface area contributed by atoms with E-state index in [0.717, 1.165) is 61.0 Å². The summed E-state index contributed by atoms with van der Waals surface area (Å²) < 4.78 is 6.22. The smallest absolute Gasteiger partial charge is 0.120 e. The fraction of sp³-hybridized carbons (Fsp3) is 0.611. The topological polar surface area (TPSA) is 41.8 Å². The fourth-order valence-corrected chi connectivity index (χ4v) is 3.96. The van der Waals surface area contributed by atoms with Crippen molar-refractivity contribution in [1.29, 1.82) is 0 Å². The van der Waals surface area contributed by atoms with Gasteiger partial charge in [-0.25, -0.2) is 0 Å². The van der Waals surface area contributed by atoms with Gasteiger partial charge in [0.25, 0.3) is 0 Å². The highest BCUT2D eigenvalue weighted by Crippen LogP contribution is 2.32. The highest BCUT2D eigenvalue weighted by Gasteiger charge is 2.25. The third kappa shape index (κ3) is 3.22. The molecule has 21 heavy (non-hydrogen) atoms. The maximum absolute atomic E-state index is 9.17. The minimum atomic E-state index is 0.319. The van der Waals surface area contributed by atoms with E-state index in [9.17, 15) is 0 Å². The Kier molecular flexibility index (Phi) is 4.18. The molecule has 0 radical (unpaired) electrons. The molecule has 1 saturated carbocycles. The zero-order chi connectivity index (χ0) is 14.8. The summed E-state index contributed by atoms with van der Waals surface area (Å²) in [5.74, 6) is 2.40. The van der Waals surface area contributed by atoms with Gasteiger partial charge in [-0.3, -0.25) is 0 Å². The summed E-state index contributed by atoms with van der Waals surface area (Å²) in [6.45, 7) is 4.63. The van der Waals surface area contributed by atoms with E-state index in [2.05, 4.69) is 37.2 Å². The Labute approximate surface area is 127 Å². The molecule has 1 aromatic carbocycles. The molecule has 2 aliphatic carbocycles. The number of aryl methyl sites for hydroxylation is 1. The van der Waals surface area contributed by atoms with Crippen molar-refractivity contribution in [1.82, 2.24) is 0 Å². The van der Waals surface area contributed by atoms with Crippen molar-refractivity contribution in [3.8, 4) is 5.75 Å². The standard InChI is InChI=1S/C18H25NO2/c1-12-8-13(2)10-16(9-12)21-15-7-6-14-4-3-5-18(19-20)17(14)11-15/h6-7,11-13,16,20H,3-5,8-10H2,1-2H3/b19-18-. The SMILES string of the molecule is CC1CC(C)CC(Oc2ccc3c(c2)/C(=N\O)CCC3)C1. The first-order valence-electron chi connectivity index (χ1n) is 8.16. The molecule has 2 unspecified atom stereocenters. The molecule has 1 aromatic rings. The van der Waals surface area contributed by atoms with E-state index in [1.807, 2.05) is 0 Å². The number of ether oxygens (including phenoxy) is 1. The van der Waals surface area contributed by atoms with E-state index in [0.29, 0.717) is 6.10 Å². The van der Waals surface area contributed by atoms with Gasteiger partial charge in [-0.05, 0) is 68.1 Å². The molecule has 3 rings (SSSR count). The Balaban J connectivity index is 1.77. The molecule has 3 nitrogen and oxygen atoms in total. The van der Waals surface area contributed by atoms with Gasteiger partial charge in [-0.2, -0.15) is 0 Å². The van der Waals surface area contributed by atoms with E-state index >= 15 is 0 Å². The molecule has 0 amide bonds. The number of hydrogen-bond donors (Lipinski definition) is 1. The summed E-state index contributed by atoms with van der Waals surface area (Å²) in [7, 11) is 0. The van der Waals surface area contributed by atoms with Gasteiger partial charge in [0.2, 0.25) is 0 Å². The number of nitrogens with zero attached hydrogens (tertiary/aromatic N) is 1. The summed E-state index contributed by atoms with van der Waals surface area (Å²) in [6.07, 6.45) is 6.89. The first-order valence-corrected chi connectivity index (χ1v) is 8.16. The summed E-state index contributed by atoms with van der Waals surface area (Å²) in [5, 5.41) is 12.6. The molecule has 0 aromatic heterocycles. The van der Waals surface area contributed by atoms with Gasteiger partial charge >= 0.3 is 0 Å². The molecule has 1 N–H and O–H groups in total. The van der Waals surface area contributed by atoms with Crippen LogP contribution in [0, 0.1) is 11.8 Å². The second kappa shape index (κ2) is 6.08. The number of oxime groups is 1. The molecule has 0 bridgehead atoms. The van der Waals surface area contributed by atoms with Crippen LogP contribution in [0.5, 0.6) is 5.75 Å². The van der Waals surface area contributed by atoms with Gasteiger partial charge < -0.3 is 9.94 Å². The van der Waals surface area contributed by atoms with Gasteiger partial charge in [-0.1, -0.05) is 25.1 Å².